The number of rotatable bonds is 3. The Hall–Kier alpha value is -1.55. The fourth-order valence-corrected chi connectivity index (χ4v) is 2.52. The molecule has 1 saturated heterocycles. The van der Waals surface area contributed by atoms with Crippen molar-refractivity contribution in [2.45, 2.75) is 51.4 Å². The molecule has 0 amide bonds. The molecule has 0 spiro atoms. The van der Waals surface area contributed by atoms with Crippen LogP contribution in [0.25, 0.3) is 0 Å². The molecule has 1 aliphatic heterocycles. The second kappa shape index (κ2) is 6.06. The summed E-state index contributed by atoms with van der Waals surface area (Å²) in [6.45, 7) is 4.01. The van der Waals surface area contributed by atoms with E-state index in [-0.39, 0.29) is 30.7 Å². The molecule has 2 unspecified atom stereocenters. The molecule has 2 atom stereocenters. The van der Waals surface area contributed by atoms with Crippen molar-refractivity contribution in [1.29, 1.82) is 0 Å². The molecular formula is C15H21NO3. The standard InChI is InChI=1S/C15H21NO3/c1-10-7-13(8-11(2)18-10)19-15(17)9-12-5-3-4-6-14(12)16/h3-6,10-11,13H,7-9,16H2,1-2H3. The van der Waals surface area contributed by atoms with Crippen LogP contribution in [0.2, 0.25) is 0 Å². The zero-order valence-corrected chi connectivity index (χ0v) is 11.5. The van der Waals surface area contributed by atoms with E-state index >= 15 is 0 Å². The van der Waals surface area contributed by atoms with Gasteiger partial charge in [0.1, 0.15) is 6.10 Å². The SMILES string of the molecule is CC1CC(OC(=O)Cc2ccccc2N)CC(C)O1. The molecule has 1 aliphatic rings. The molecule has 0 bridgehead atoms. The van der Waals surface area contributed by atoms with Gasteiger partial charge in [-0.1, -0.05) is 18.2 Å². The summed E-state index contributed by atoms with van der Waals surface area (Å²) in [4.78, 5) is 11.9. The average Bonchev–Trinajstić information content (AvgIpc) is 2.30. The summed E-state index contributed by atoms with van der Waals surface area (Å²) in [5.41, 5.74) is 7.27. The van der Waals surface area contributed by atoms with Crippen LogP contribution in [0.4, 0.5) is 5.69 Å². The molecule has 4 heteroatoms. The lowest BCUT2D eigenvalue weighted by Crippen LogP contribution is -2.35. The van der Waals surface area contributed by atoms with Gasteiger partial charge in [0.15, 0.2) is 0 Å². The van der Waals surface area contributed by atoms with E-state index < -0.39 is 0 Å². The van der Waals surface area contributed by atoms with Gasteiger partial charge in [0.05, 0.1) is 18.6 Å². The lowest BCUT2D eigenvalue weighted by molar-refractivity contribution is -0.158. The quantitative estimate of drug-likeness (QED) is 0.671. The van der Waals surface area contributed by atoms with Crippen molar-refractivity contribution in [2.24, 2.45) is 0 Å². The van der Waals surface area contributed by atoms with E-state index in [1.807, 2.05) is 32.0 Å². The van der Waals surface area contributed by atoms with Gasteiger partial charge in [-0.25, -0.2) is 0 Å². The first-order valence-corrected chi connectivity index (χ1v) is 6.73. The fourth-order valence-electron chi connectivity index (χ4n) is 2.52. The number of nitrogen functional groups attached to an aromatic ring is 1. The summed E-state index contributed by atoms with van der Waals surface area (Å²) in [6, 6.07) is 7.37. The smallest absolute Gasteiger partial charge is 0.310 e. The molecule has 1 heterocycles. The number of carbonyl (C=O) groups excluding carboxylic acids is 1. The molecule has 0 aliphatic carbocycles. The maximum Gasteiger partial charge on any atom is 0.310 e. The first-order valence-electron chi connectivity index (χ1n) is 6.73. The van der Waals surface area contributed by atoms with Gasteiger partial charge >= 0.3 is 5.97 Å². The Kier molecular flexibility index (Phi) is 4.43. The summed E-state index contributed by atoms with van der Waals surface area (Å²) in [5, 5.41) is 0. The van der Waals surface area contributed by atoms with E-state index in [1.165, 1.54) is 0 Å². The number of carbonyl (C=O) groups is 1. The van der Waals surface area contributed by atoms with Crippen molar-refractivity contribution in [2.75, 3.05) is 5.73 Å². The minimum absolute atomic E-state index is 0.0452. The number of para-hydroxylation sites is 1. The monoisotopic (exact) mass is 263 g/mol. The molecule has 0 aromatic heterocycles. The highest BCUT2D eigenvalue weighted by atomic mass is 16.6. The minimum Gasteiger partial charge on any atom is -0.462 e. The van der Waals surface area contributed by atoms with Crippen molar-refractivity contribution < 1.29 is 14.3 Å². The second-order valence-electron chi connectivity index (χ2n) is 5.22. The fraction of sp³-hybridized carbons (Fsp3) is 0.533. The van der Waals surface area contributed by atoms with Crippen LogP contribution in [0, 0.1) is 0 Å². The van der Waals surface area contributed by atoms with Crippen LogP contribution in [-0.2, 0) is 20.7 Å². The summed E-state index contributed by atoms with van der Waals surface area (Å²) in [6.07, 6.45) is 2.00. The van der Waals surface area contributed by atoms with Crippen LogP contribution >= 0.6 is 0 Å². The minimum atomic E-state index is -0.218. The molecule has 104 valence electrons. The summed E-state index contributed by atoms with van der Waals surface area (Å²) in [7, 11) is 0. The van der Waals surface area contributed by atoms with Gasteiger partial charge < -0.3 is 15.2 Å². The van der Waals surface area contributed by atoms with E-state index in [9.17, 15) is 4.79 Å². The highest BCUT2D eigenvalue weighted by Crippen LogP contribution is 2.22. The van der Waals surface area contributed by atoms with Gasteiger partial charge in [-0.15, -0.1) is 0 Å². The van der Waals surface area contributed by atoms with E-state index in [2.05, 4.69) is 0 Å². The van der Waals surface area contributed by atoms with E-state index in [0.717, 1.165) is 18.4 Å². The van der Waals surface area contributed by atoms with Crippen LogP contribution in [0.1, 0.15) is 32.3 Å². The van der Waals surface area contributed by atoms with Crippen molar-refractivity contribution in [3.05, 3.63) is 29.8 Å². The van der Waals surface area contributed by atoms with Gasteiger partial charge in [0, 0.05) is 18.5 Å². The van der Waals surface area contributed by atoms with Gasteiger partial charge in [0.25, 0.3) is 0 Å². The van der Waals surface area contributed by atoms with Crippen LogP contribution < -0.4 is 5.73 Å². The maximum atomic E-state index is 11.9. The number of hydrogen-bond donors (Lipinski definition) is 1. The molecule has 1 fully saturated rings. The molecule has 2 N–H and O–H groups in total. The molecular weight excluding hydrogens is 242 g/mol. The van der Waals surface area contributed by atoms with Crippen molar-refractivity contribution in [3.63, 3.8) is 0 Å². The van der Waals surface area contributed by atoms with Gasteiger partial charge in [-0.2, -0.15) is 0 Å². The van der Waals surface area contributed by atoms with Gasteiger partial charge in [-0.3, -0.25) is 4.79 Å². The predicted octanol–water partition coefficient (Wildman–Crippen LogP) is 2.31. The third kappa shape index (κ3) is 3.96. The van der Waals surface area contributed by atoms with Crippen LogP contribution in [-0.4, -0.2) is 24.3 Å². The number of hydrogen-bond acceptors (Lipinski definition) is 4. The summed E-state index contributed by atoms with van der Waals surface area (Å²) in [5.74, 6) is -0.218. The van der Waals surface area contributed by atoms with E-state index in [4.69, 9.17) is 15.2 Å². The molecule has 0 saturated carbocycles. The third-order valence-electron chi connectivity index (χ3n) is 3.34. The molecule has 4 nitrogen and oxygen atoms in total. The van der Waals surface area contributed by atoms with Gasteiger partial charge in [0.2, 0.25) is 0 Å². The van der Waals surface area contributed by atoms with Crippen LogP contribution in [0.3, 0.4) is 0 Å². The molecule has 0 radical (unpaired) electrons. The second-order valence-corrected chi connectivity index (χ2v) is 5.22. The third-order valence-corrected chi connectivity index (χ3v) is 3.34. The maximum absolute atomic E-state index is 11.9. The summed E-state index contributed by atoms with van der Waals surface area (Å²) < 4.78 is 11.1. The normalized spacial score (nSPS) is 26.9. The first kappa shape index (κ1) is 13.9. The Labute approximate surface area is 113 Å². The van der Waals surface area contributed by atoms with Crippen molar-refractivity contribution in [3.8, 4) is 0 Å². The van der Waals surface area contributed by atoms with E-state index in [0.29, 0.717) is 5.69 Å². The zero-order chi connectivity index (χ0) is 13.8. The number of benzene rings is 1. The number of ether oxygens (including phenoxy) is 2. The topological polar surface area (TPSA) is 61.5 Å². The Balaban J connectivity index is 1.89. The number of nitrogens with two attached hydrogens (primary N) is 1. The molecule has 1 aromatic carbocycles. The summed E-state index contributed by atoms with van der Waals surface area (Å²) >= 11 is 0. The van der Waals surface area contributed by atoms with Crippen molar-refractivity contribution >= 4 is 11.7 Å². The van der Waals surface area contributed by atoms with Crippen LogP contribution in [0.15, 0.2) is 24.3 Å². The van der Waals surface area contributed by atoms with Gasteiger partial charge in [-0.05, 0) is 25.5 Å². The zero-order valence-electron chi connectivity index (χ0n) is 11.5. The highest BCUT2D eigenvalue weighted by Gasteiger charge is 2.27. The predicted molar refractivity (Wildman–Crippen MR) is 73.7 cm³/mol. The van der Waals surface area contributed by atoms with Crippen molar-refractivity contribution in [1.82, 2.24) is 0 Å². The number of esters is 1. The first-order chi connectivity index (χ1) is 9.04. The van der Waals surface area contributed by atoms with Crippen LogP contribution in [0.5, 0.6) is 0 Å². The average molecular weight is 263 g/mol. The Morgan fingerprint density at radius 1 is 1.32 bits per heavy atom. The Morgan fingerprint density at radius 3 is 2.58 bits per heavy atom. The molecule has 1 aromatic rings. The Morgan fingerprint density at radius 2 is 1.95 bits per heavy atom. The highest BCUT2D eigenvalue weighted by molar-refractivity contribution is 5.75. The lowest BCUT2D eigenvalue weighted by atomic mass is 10.0. The molecule has 19 heavy (non-hydrogen) atoms. The van der Waals surface area contributed by atoms with E-state index in [1.54, 1.807) is 6.07 Å². The molecule has 2 rings (SSSR count). The number of anilines is 1. The largest absolute Gasteiger partial charge is 0.462 e. The lowest BCUT2D eigenvalue weighted by Gasteiger charge is -2.31. The Bertz CT molecular complexity index is 437.